The molecule has 1 saturated carbocycles. The van der Waals surface area contributed by atoms with Crippen LogP contribution in [-0.4, -0.2) is 29.8 Å². The van der Waals surface area contributed by atoms with Crippen LogP contribution in [-0.2, 0) is 6.61 Å². The quantitative estimate of drug-likeness (QED) is 0.232. The van der Waals surface area contributed by atoms with Gasteiger partial charge in [-0.05, 0) is 72.5 Å². The third-order valence-corrected chi connectivity index (χ3v) is 7.64. The van der Waals surface area contributed by atoms with Crippen LogP contribution in [0.1, 0.15) is 55.0 Å². The molecule has 200 valence electrons. The number of rotatable bonds is 7. The average Bonchev–Trinajstić information content (AvgIpc) is 3.44. The molecule has 0 bridgehead atoms. The van der Waals surface area contributed by atoms with Crippen LogP contribution >= 0.6 is 15.9 Å². The van der Waals surface area contributed by atoms with Crippen molar-refractivity contribution in [2.75, 3.05) is 13.9 Å². The normalized spacial score (nSPS) is 15.2. The van der Waals surface area contributed by atoms with E-state index < -0.39 is 0 Å². The molecular formula is C30H28BrN3O5. The lowest BCUT2D eigenvalue weighted by atomic mass is 9.88. The first-order valence-corrected chi connectivity index (χ1v) is 13.8. The molecule has 1 fully saturated rings. The van der Waals surface area contributed by atoms with Gasteiger partial charge in [-0.2, -0.15) is 9.78 Å². The maximum absolute atomic E-state index is 13.6. The molecular weight excluding hydrogens is 562 g/mol. The van der Waals surface area contributed by atoms with Gasteiger partial charge in [0.1, 0.15) is 12.4 Å². The monoisotopic (exact) mass is 589 g/mol. The van der Waals surface area contributed by atoms with E-state index in [2.05, 4.69) is 21.0 Å². The van der Waals surface area contributed by atoms with Crippen molar-refractivity contribution in [1.82, 2.24) is 9.66 Å². The summed E-state index contributed by atoms with van der Waals surface area (Å²) in [5.41, 5.74) is 2.25. The fourth-order valence-electron chi connectivity index (χ4n) is 5.10. The molecule has 0 atom stereocenters. The van der Waals surface area contributed by atoms with Crippen molar-refractivity contribution in [2.24, 2.45) is 5.10 Å². The zero-order chi connectivity index (χ0) is 26.8. The van der Waals surface area contributed by atoms with Gasteiger partial charge in [0.05, 0.1) is 24.2 Å². The Morgan fingerprint density at radius 1 is 1.03 bits per heavy atom. The highest BCUT2D eigenvalue weighted by atomic mass is 79.9. The maximum atomic E-state index is 13.6. The molecule has 2 aliphatic rings. The van der Waals surface area contributed by atoms with Gasteiger partial charge in [-0.1, -0.05) is 41.3 Å². The Labute approximate surface area is 234 Å². The fraction of sp³-hybridized carbons (Fsp3) is 0.300. The summed E-state index contributed by atoms with van der Waals surface area (Å²) in [7, 11) is 1.60. The Morgan fingerprint density at radius 3 is 2.72 bits per heavy atom. The lowest BCUT2D eigenvalue weighted by Gasteiger charge is -2.22. The number of nitrogens with zero attached hydrogens (tertiary/aromatic N) is 3. The predicted octanol–water partition coefficient (Wildman–Crippen LogP) is 6.41. The highest BCUT2D eigenvalue weighted by molar-refractivity contribution is 9.10. The van der Waals surface area contributed by atoms with Crippen molar-refractivity contribution in [3.8, 4) is 23.0 Å². The SMILES string of the molecule is COc1cc(C=Nn2c(C3CCCCC3)nc3ccc(Br)cc3c2=O)ccc1OCc1ccc2c(c1)OCO2. The molecule has 0 spiro atoms. The van der Waals surface area contributed by atoms with E-state index in [-0.39, 0.29) is 18.3 Å². The number of hydrogen-bond acceptors (Lipinski definition) is 7. The van der Waals surface area contributed by atoms with Crippen LogP contribution in [0.15, 0.2) is 69.0 Å². The average molecular weight is 590 g/mol. The largest absolute Gasteiger partial charge is 0.493 e. The first-order chi connectivity index (χ1) is 19.1. The summed E-state index contributed by atoms with van der Waals surface area (Å²) in [5.74, 6) is 3.55. The summed E-state index contributed by atoms with van der Waals surface area (Å²) in [6, 6.07) is 16.9. The topological polar surface area (TPSA) is 84.2 Å². The van der Waals surface area contributed by atoms with Crippen LogP contribution in [0.25, 0.3) is 10.9 Å². The van der Waals surface area contributed by atoms with Crippen LogP contribution < -0.4 is 24.5 Å². The van der Waals surface area contributed by atoms with Crippen molar-refractivity contribution >= 4 is 33.0 Å². The molecule has 1 aliphatic carbocycles. The van der Waals surface area contributed by atoms with Gasteiger partial charge in [0.25, 0.3) is 5.56 Å². The van der Waals surface area contributed by atoms with Gasteiger partial charge in [0, 0.05) is 10.4 Å². The molecule has 1 aromatic heterocycles. The maximum Gasteiger partial charge on any atom is 0.282 e. The molecule has 0 radical (unpaired) electrons. The molecule has 0 saturated heterocycles. The highest BCUT2D eigenvalue weighted by Gasteiger charge is 2.22. The summed E-state index contributed by atoms with van der Waals surface area (Å²) in [4.78, 5) is 18.5. The highest BCUT2D eigenvalue weighted by Crippen LogP contribution is 2.34. The number of methoxy groups -OCH3 is 1. The van der Waals surface area contributed by atoms with E-state index in [4.69, 9.17) is 23.9 Å². The van der Waals surface area contributed by atoms with Crippen molar-refractivity contribution in [3.05, 3.63) is 86.4 Å². The second-order valence-corrected chi connectivity index (χ2v) is 10.6. The van der Waals surface area contributed by atoms with Crippen LogP contribution in [0.5, 0.6) is 23.0 Å². The molecule has 39 heavy (non-hydrogen) atoms. The number of ether oxygens (including phenoxy) is 4. The summed E-state index contributed by atoms with van der Waals surface area (Å²) < 4.78 is 24.8. The molecule has 8 nitrogen and oxygen atoms in total. The summed E-state index contributed by atoms with van der Waals surface area (Å²) in [6.07, 6.45) is 7.16. The molecule has 0 N–H and O–H groups in total. The zero-order valence-corrected chi connectivity index (χ0v) is 23.1. The second-order valence-electron chi connectivity index (χ2n) is 9.71. The molecule has 9 heteroatoms. The Morgan fingerprint density at radius 2 is 1.87 bits per heavy atom. The third kappa shape index (κ3) is 5.36. The van der Waals surface area contributed by atoms with Crippen LogP contribution in [0, 0.1) is 0 Å². The number of benzene rings is 3. The zero-order valence-electron chi connectivity index (χ0n) is 21.6. The third-order valence-electron chi connectivity index (χ3n) is 7.14. The Hall–Kier alpha value is -3.85. The number of aromatic nitrogens is 2. The number of halogens is 1. The minimum atomic E-state index is -0.172. The minimum absolute atomic E-state index is 0.172. The van der Waals surface area contributed by atoms with Gasteiger partial charge in [-0.3, -0.25) is 4.79 Å². The standard InChI is InChI=1S/C30H28BrN3O5/c1-36-27-13-19(7-11-25(27)37-17-20-8-12-26-28(14-20)39-18-38-26)16-32-34-29(21-5-3-2-4-6-21)33-24-10-9-22(31)15-23(24)30(34)35/h7-16,21H,2-6,17-18H2,1H3. The van der Waals surface area contributed by atoms with Crippen LogP contribution in [0.4, 0.5) is 0 Å². The fourth-order valence-corrected chi connectivity index (χ4v) is 5.46. The number of hydrogen-bond donors (Lipinski definition) is 0. The van der Waals surface area contributed by atoms with Gasteiger partial charge in [0.2, 0.25) is 6.79 Å². The Kier molecular flexibility index (Phi) is 7.24. The van der Waals surface area contributed by atoms with Crippen molar-refractivity contribution in [3.63, 3.8) is 0 Å². The molecule has 0 amide bonds. The Bertz CT molecular complexity index is 1610. The van der Waals surface area contributed by atoms with Crippen molar-refractivity contribution in [1.29, 1.82) is 0 Å². The van der Waals surface area contributed by atoms with E-state index in [1.165, 1.54) is 11.1 Å². The van der Waals surface area contributed by atoms with E-state index in [1.807, 2.05) is 48.5 Å². The van der Waals surface area contributed by atoms with E-state index in [0.29, 0.717) is 34.8 Å². The number of fused-ring (bicyclic) bond motifs is 2. The van der Waals surface area contributed by atoms with Crippen molar-refractivity contribution < 1.29 is 18.9 Å². The minimum Gasteiger partial charge on any atom is -0.493 e. The Balaban J connectivity index is 1.28. The lowest BCUT2D eigenvalue weighted by molar-refractivity contribution is 0.174. The van der Waals surface area contributed by atoms with Gasteiger partial charge in [0.15, 0.2) is 23.0 Å². The van der Waals surface area contributed by atoms with Gasteiger partial charge < -0.3 is 18.9 Å². The van der Waals surface area contributed by atoms with Gasteiger partial charge in [-0.25, -0.2) is 4.98 Å². The van der Waals surface area contributed by atoms with Gasteiger partial charge in [-0.15, -0.1) is 0 Å². The smallest absolute Gasteiger partial charge is 0.282 e. The molecule has 0 unspecified atom stereocenters. The van der Waals surface area contributed by atoms with E-state index >= 15 is 0 Å². The van der Waals surface area contributed by atoms with Crippen LogP contribution in [0.2, 0.25) is 0 Å². The first-order valence-electron chi connectivity index (χ1n) is 13.0. The molecule has 2 heterocycles. The summed E-state index contributed by atoms with van der Waals surface area (Å²) in [6.45, 7) is 0.580. The summed E-state index contributed by atoms with van der Waals surface area (Å²) in [5, 5.41) is 5.18. The van der Waals surface area contributed by atoms with E-state index in [9.17, 15) is 4.79 Å². The lowest BCUT2D eigenvalue weighted by Crippen LogP contribution is -2.25. The van der Waals surface area contributed by atoms with Crippen molar-refractivity contribution in [2.45, 2.75) is 44.6 Å². The van der Waals surface area contributed by atoms with Gasteiger partial charge >= 0.3 is 0 Å². The van der Waals surface area contributed by atoms with Crippen LogP contribution in [0.3, 0.4) is 0 Å². The summed E-state index contributed by atoms with van der Waals surface area (Å²) >= 11 is 3.47. The van der Waals surface area contributed by atoms with E-state index in [1.54, 1.807) is 19.4 Å². The predicted molar refractivity (Wildman–Crippen MR) is 152 cm³/mol. The van der Waals surface area contributed by atoms with E-state index in [0.717, 1.165) is 52.9 Å². The molecule has 6 rings (SSSR count). The molecule has 1 aliphatic heterocycles. The first kappa shape index (κ1) is 25.4. The molecule has 3 aromatic carbocycles. The molecule has 4 aromatic rings. The second kappa shape index (κ2) is 11.1.